The number of pyridine rings is 1. The standard InChI is InChI=1S/C22H25N3O2/c1-15-3-4-18(11-16(15)2)21(27)25-10-7-22(14-25)12-19(22)20(26)24-13-17-5-8-23-9-6-17/h3-6,8-9,11,19H,7,10,12-14H2,1-2H3,(H,24,26)/t19-,22+/m1/s1. The third-order valence-electron chi connectivity index (χ3n) is 6.15. The van der Waals surface area contributed by atoms with E-state index in [0.717, 1.165) is 36.1 Å². The second kappa shape index (κ2) is 6.80. The molecule has 1 aromatic carbocycles. The molecule has 1 aliphatic heterocycles. The van der Waals surface area contributed by atoms with Crippen LogP contribution in [-0.4, -0.2) is 34.8 Å². The summed E-state index contributed by atoms with van der Waals surface area (Å²) < 4.78 is 0. The molecule has 1 spiro atoms. The number of benzene rings is 1. The first-order valence-corrected chi connectivity index (χ1v) is 9.52. The van der Waals surface area contributed by atoms with Crippen LogP contribution >= 0.6 is 0 Å². The lowest BCUT2D eigenvalue weighted by Crippen LogP contribution is -2.31. The first-order valence-electron chi connectivity index (χ1n) is 9.52. The van der Waals surface area contributed by atoms with Crippen molar-refractivity contribution in [3.8, 4) is 0 Å². The van der Waals surface area contributed by atoms with Gasteiger partial charge >= 0.3 is 0 Å². The predicted molar refractivity (Wildman–Crippen MR) is 103 cm³/mol. The van der Waals surface area contributed by atoms with Crippen molar-refractivity contribution in [2.45, 2.75) is 33.2 Å². The molecule has 0 radical (unpaired) electrons. The zero-order valence-corrected chi connectivity index (χ0v) is 15.9. The number of nitrogens with zero attached hydrogens (tertiary/aromatic N) is 2. The average Bonchev–Trinajstić information content (AvgIpc) is 3.22. The lowest BCUT2D eigenvalue weighted by Gasteiger charge is -2.17. The number of amides is 2. The minimum atomic E-state index is -0.0161. The molecule has 1 saturated heterocycles. The molecule has 0 bridgehead atoms. The molecule has 5 heteroatoms. The van der Waals surface area contributed by atoms with Crippen LogP contribution < -0.4 is 5.32 Å². The number of nitrogens with one attached hydrogen (secondary N) is 1. The molecule has 4 rings (SSSR count). The maximum Gasteiger partial charge on any atom is 0.253 e. The lowest BCUT2D eigenvalue weighted by atomic mass is 10.0. The van der Waals surface area contributed by atoms with Crippen molar-refractivity contribution in [1.29, 1.82) is 0 Å². The van der Waals surface area contributed by atoms with Gasteiger partial charge in [0, 0.05) is 48.9 Å². The third kappa shape index (κ3) is 3.46. The SMILES string of the molecule is Cc1ccc(C(=O)N2CC[C@]3(C[C@@H]3C(=O)NCc3ccncc3)C2)cc1C. The van der Waals surface area contributed by atoms with Crippen molar-refractivity contribution < 1.29 is 9.59 Å². The monoisotopic (exact) mass is 363 g/mol. The van der Waals surface area contributed by atoms with Crippen LogP contribution in [0.2, 0.25) is 0 Å². The van der Waals surface area contributed by atoms with Gasteiger partial charge in [0.25, 0.3) is 5.91 Å². The summed E-state index contributed by atoms with van der Waals surface area (Å²) in [6, 6.07) is 9.68. The fourth-order valence-corrected chi connectivity index (χ4v) is 4.11. The van der Waals surface area contributed by atoms with Gasteiger partial charge in [-0.05, 0) is 67.6 Å². The Kier molecular flexibility index (Phi) is 4.46. The summed E-state index contributed by atoms with van der Waals surface area (Å²) in [5.74, 6) is 0.210. The van der Waals surface area contributed by atoms with Crippen molar-refractivity contribution in [1.82, 2.24) is 15.2 Å². The van der Waals surface area contributed by atoms with E-state index in [-0.39, 0.29) is 23.1 Å². The van der Waals surface area contributed by atoms with Crippen LogP contribution in [0, 0.1) is 25.2 Å². The molecule has 1 saturated carbocycles. The van der Waals surface area contributed by atoms with E-state index >= 15 is 0 Å². The molecule has 1 aliphatic carbocycles. The fourth-order valence-electron chi connectivity index (χ4n) is 4.11. The molecule has 0 unspecified atom stereocenters. The first kappa shape index (κ1) is 17.7. The number of rotatable bonds is 4. The Morgan fingerprint density at radius 3 is 2.70 bits per heavy atom. The number of hydrogen-bond donors (Lipinski definition) is 1. The maximum atomic E-state index is 12.8. The summed E-state index contributed by atoms with van der Waals surface area (Å²) in [5.41, 5.74) is 4.10. The fraction of sp³-hybridized carbons (Fsp3) is 0.409. The molecule has 2 aromatic rings. The van der Waals surface area contributed by atoms with Crippen molar-refractivity contribution >= 4 is 11.8 Å². The third-order valence-corrected chi connectivity index (χ3v) is 6.15. The van der Waals surface area contributed by atoms with E-state index < -0.39 is 0 Å². The number of carbonyl (C=O) groups excluding carboxylic acids is 2. The number of aryl methyl sites for hydroxylation is 2. The zero-order valence-electron chi connectivity index (χ0n) is 15.9. The van der Waals surface area contributed by atoms with Gasteiger partial charge in [0.1, 0.15) is 0 Å². The summed E-state index contributed by atoms with van der Waals surface area (Å²) >= 11 is 0. The van der Waals surface area contributed by atoms with Gasteiger partial charge in [-0.3, -0.25) is 14.6 Å². The summed E-state index contributed by atoms with van der Waals surface area (Å²) in [6.45, 7) is 6.03. The number of hydrogen-bond acceptors (Lipinski definition) is 3. The van der Waals surface area contributed by atoms with Gasteiger partial charge in [-0.1, -0.05) is 6.07 Å². The highest BCUT2D eigenvalue weighted by Gasteiger charge is 2.61. The summed E-state index contributed by atoms with van der Waals surface area (Å²) in [5, 5.41) is 3.03. The molecule has 2 amide bonds. The molecular weight excluding hydrogens is 338 g/mol. The van der Waals surface area contributed by atoms with Crippen LogP contribution in [0.5, 0.6) is 0 Å². The Morgan fingerprint density at radius 2 is 1.96 bits per heavy atom. The average molecular weight is 363 g/mol. The van der Waals surface area contributed by atoms with Crippen molar-refractivity contribution in [3.05, 3.63) is 65.0 Å². The summed E-state index contributed by atoms with van der Waals surface area (Å²) in [4.78, 5) is 31.3. The van der Waals surface area contributed by atoms with E-state index in [0.29, 0.717) is 13.1 Å². The number of aromatic nitrogens is 1. The first-order chi connectivity index (χ1) is 13.0. The van der Waals surface area contributed by atoms with Gasteiger partial charge in [0.15, 0.2) is 0 Å². The van der Waals surface area contributed by atoms with E-state index in [1.165, 1.54) is 5.56 Å². The van der Waals surface area contributed by atoms with Crippen LogP contribution in [0.3, 0.4) is 0 Å². The quantitative estimate of drug-likeness (QED) is 0.909. The Hall–Kier alpha value is -2.69. The van der Waals surface area contributed by atoms with Crippen molar-refractivity contribution in [2.24, 2.45) is 11.3 Å². The van der Waals surface area contributed by atoms with Crippen LogP contribution in [0.4, 0.5) is 0 Å². The molecule has 140 valence electrons. The highest BCUT2D eigenvalue weighted by Crippen LogP contribution is 2.58. The number of carbonyl (C=O) groups is 2. The lowest BCUT2D eigenvalue weighted by molar-refractivity contribution is -0.123. The molecule has 5 nitrogen and oxygen atoms in total. The van der Waals surface area contributed by atoms with E-state index in [2.05, 4.69) is 10.3 Å². The minimum absolute atomic E-state index is 0.0161. The summed E-state index contributed by atoms with van der Waals surface area (Å²) in [6.07, 6.45) is 5.25. The van der Waals surface area contributed by atoms with E-state index in [9.17, 15) is 9.59 Å². The Balaban J connectivity index is 1.35. The summed E-state index contributed by atoms with van der Waals surface area (Å²) in [7, 11) is 0. The molecule has 2 heterocycles. The van der Waals surface area contributed by atoms with Crippen LogP contribution in [0.1, 0.15) is 39.9 Å². The Bertz CT molecular complexity index is 880. The van der Waals surface area contributed by atoms with Gasteiger partial charge in [0.2, 0.25) is 5.91 Å². The molecule has 27 heavy (non-hydrogen) atoms. The second-order valence-electron chi connectivity index (χ2n) is 7.97. The van der Waals surface area contributed by atoms with Crippen molar-refractivity contribution in [3.63, 3.8) is 0 Å². The number of likely N-dealkylation sites (tertiary alicyclic amines) is 1. The Labute approximate surface area is 159 Å². The predicted octanol–water partition coefficient (Wildman–Crippen LogP) is 2.87. The van der Waals surface area contributed by atoms with E-state index in [1.54, 1.807) is 12.4 Å². The van der Waals surface area contributed by atoms with Gasteiger partial charge in [-0.15, -0.1) is 0 Å². The van der Waals surface area contributed by atoms with Crippen LogP contribution in [0.25, 0.3) is 0 Å². The smallest absolute Gasteiger partial charge is 0.253 e. The molecule has 1 aromatic heterocycles. The van der Waals surface area contributed by atoms with Gasteiger partial charge in [-0.2, -0.15) is 0 Å². The van der Waals surface area contributed by atoms with Crippen LogP contribution in [-0.2, 0) is 11.3 Å². The maximum absolute atomic E-state index is 12.8. The van der Waals surface area contributed by atoms with Crippen molar-refractivity contribution in [2.75, 3.05) is 13.1 Å². The zero-order chi connectivity index (χ0) is 19.0. The largest absolute Gasteiger partial charge is 0.352 e. The van der Waals surface area contributed by atoms with Gasteiger partial charge in [0.05, 0.1) is 0 Å². The molecule has 2 atom stereocenters. The topological polar surface area (TPSA) is 62.3 Å². The Morgan fingerprint density at radius 1 is 1.19 bits per heavy atom. The molecule has 2 aliphatic rings. The van der Waals surface area contributed by atoms with E-state index in [1.807, 2.05) is 49.1 Å². The molecule has 1 N–H and O–H groups in total. The second-order valence-corrected chi connectivity index (χ2v) is 7.97. The normalized spacial score (nSPS) is 23.5. The highest BCUT2D eigenvalue weighted by molar-refractivity contribution is 5.95. The highest BCUT2D eigenvalue weighted by atomic mass is 16.2. The van der Waals surface area contributed by atoms with E-state index in [4.69, 9.17) is 0 Å². The van der Waals surface area contributed by atoms with Gasteiger partial charge in [-0.25, -0.2) is 0 Å². The minimum Gasteiger partial charge on any atom is -0.352 e. The van der Waals surface area contributed by atoms with Gasteiger partial charge < -0.3 is 10.2 Å². The van der Waals surface area contributed by atoms with Crippen LogP contribution in [0.15, 0.2) is 42.7 Å². The molecule has 2 fully saturated rings. The molecular formula is C22H25N3O2.